The van der Waals surface area contributed by atoms with E-state index in [1.54, 1.807) is 6.20 Å². The second kappa shape index (κ2) is 8.78. The lowest BCUT2D eigenvalue weighted by Gasteiger charge is -2.35. The van der Waals surface area contributed by atoms with E-state index in [0.29, 0.717) is 13.0 Å². The maximum absolute atomic E-state index is 12.3. The minimum Gasteiger partial charge on any atom is -0.387 e. The molecule has 134 valence electrons. The van der Waals surface area contributed by atoms with Crippen LogP contribution < -0.4 is 0 Å². The van der Waals surface area contributed by atoms with E-state index in [4.69, 9.17) is 0 Å². The van der Waals surface area contributed by atoms with Crippen molar-refractivity contribution >= 4 is 5.91 Å². The molecule has 25 heavy (non-hydrogen) atoms. The first-order valence-corrected chi connectivity index (χ1v) is 8.93. The zero-order valence-electron chi connectivity index (χ0n) is 14.5. The van der Waals surface area contributed by atoms with E-state index in [1.807, 2.05) is 52.2 Å². The van der Waals surface area contributed by atoms with Gasteiger partial charge in [0, 0.05) is 58.1 Å². The summed E-state index contributed by atoms with van der Waals surface area (Å²) >= 11 is 0. The zero-order chi connectivity index (χ0) is 17.5. The standard InChI is InChI=1S/C19H26N4O2/c24-18(17-6-2-1-3-7-17)16-21-12-14-22(15-13-21)19(25)8-4-10-23-11-5-9-20-23/h1-3,5-7,9,11,18,24H,4,8,10,12-16H2/t18-/m1/s1. The fourth-order valence-corrected chi connectivity index (χ4v) is 3.19. The quantitative estimate of drug-likeness (QED) is 0.829. The van der Waals surface area contributed by atoms with E-state index in [0.717, 1.165) is 44.7 Å². The van der Waals surface area contributed by atoms with Gasteiger partial charge in [0.15, 0.2) is 0 Å². The zero-order valence-corrected chi connectivity index (χ0v) is 14.5. The lowest BCUT2D eigenvalue weighted by atomic mass is 10.1. The van der Waals surface area contributed by atoms with E-state index in [2.05, 4.69) is 10.00 Å². The smallest absolute Gasteiger partial charge is 0.222 e. The number of carbonyl (C=O) groups is 1. The third-order valence-electron chi connectivity index (χ3n) is 4.68. The van der Waals surface area contributed by atoms with Gasteiger partial charge in [-0.25, -0.2) is 0 Å². The summed E-state index contributed by atoms with van der Waals surface area (Å²) in [7, 11) is 0. The summed E-state index contributed by atoms with van der Waals surface area (Å²) in [6, 6.07) is 11.6. The number of benzene rings is 1. The van der Waals surface area contributed by atoms with Crippen molar-refractivity contribution in [2.75, 3.05) is 32.7 Å². The monoisotopic (exact) mass is 342 g/mol. The summed E-state index contributed by atoms with van der Waals surface area (Å²) < 4.78 is 1.86. The Morgan fingerprint density at radius 2 is 1.88 bits per heavy atom. The van der Waals surface area contributed by atoms with Gasteiger partial charge < -0.3 is 10.0 Å². The van der Waals surface area contributed by atoms with Crippen LogP contribution in [-0.2, 0) is 11.3 Å². The first-order chi connectivity index (χ1) is 12.2. The highest BCUT2D eigenvalue weighted by atomic mass is 16.3. The van der Waals surface area contributed by atoms with E-state index >= 15 is 0 Å². The topological polar surface area (TPSA) is 61.6 Å². The normalized spacial score (nSPS) is 16.8. The van der Waals surface area contributed by atoms with Crippen molar-refractivity contribution in [1.29, 1.82) is 0 Å². The van der Waals surface area contributed by atoms with E-state index in [9.17, 15) is 9.90 Å². The van der Waals surface area contributed by atoms with Crippen LogP contribution >= 0.6 is 0 Å². The number of hydrogen-bond acceptors (Lipinski definition) is 4. The van der Waals surface area contributed by atoms with Crippen molar-refractivity contribution < 1.29 is 9.90 Å². The summed E-state index contributed by atoms with van der Waals surface area (Å²) in [4.78, 5) is 16.5. The number of piperazine rings is 1. The molecular weight excluding hydrogens is 316 g/mol. The van der Waals surface area contributed by atoms with Gasteiger partial charge in [0.25, 0.3) is 0 Å². The first-order valence-electron chi connectivity index (χ1n) is 8.93. The molecule has 1 saturated heterocycles. The number of hydrogen-bond donors (Lipinski definition) is 1. The van der Waals surface area contributed by atoms with E-state index < -0.39 is 6.10 Å². The molecule has 0 unspecified atom stereocenters. The van der Waals surface area contributed by atoms with Gasteiger partial charge in [0.05, 0.1) is 6.10 Å². The van der Waals surface area contributed by atoms with Gasteiger partial charge in [-0.1, -0.05) is 30.3 Å². The molecule has 3 rings (SSSR count). The molecular formula is C19H26N4O2. The van der Waals surface area contributed by atoms with Gasteiger partial charge in [-0.15, -0.1) is 0 Å². The number of aromatic nitrogens is 2. The number of β-amino-alcohol motifs (C(OH)–C–C–N with tert-alkyl or cyclic N) is 1. The molecule has 1 N–H and O–H groups in total. The largest absolute Gasteiger partial charge is 0.387 e. The molecule has 0 saturated carbocycles. The van der Waals surface area contributed by atoms with Crippen molar-refractivity contribution in [3.05, 3.63) is 54.4 Å². The van der Waals surface area contributed by atoms with Crippen molar-refractivity contribution in [2.24, 2.45) is 0 Å². The van der Waals surface area contributed by atoms with Gasteiger partial charge in [0.2, 0.25) is 5.91 Å². The molecule has 0 aliphatic carbocycles. The molecule has 6 nitrogen and oxygen atoms in total. The van der Waals surface area contributed by atoms with Crippen LogP contribution in [0.4, 0.5) is 0 Å². The van der Waals surface area contributed by atoms with Gasteiger partial charge in [0.1, 0.15) is 0 Å². The molecule has 0 bridgehead atoms. The Labute approximate surface area is 148 Å². The van der Waals surface area contributed by atoms with Crippen LogP contribution in [0.15, 0.2) is 48.8 Å². The molecule has 0 radical (unpaired) electrons. The number of nitrogens with zero attached hydrogens (tertiary/aromatic N) is 4. The van der Waals surface area contributed by atoms with Crippen LogP contribution in [0.2, 0.25) is 0 Å². The lowest BCUT2D eigenvalue weighted by molar-refractivity contribution is -0.133. The van der Waals surface area contributed by atoms with Crippen LogP contribution in [-0.4, -0.2) is 63.3 Å². The average Bonchev–Trinajstić information content (AvgIpc) is 3.16. The average molecular weight is 342 g/mol. The highest BCUT2D eigenvalue weighted by molar-refractivity contribution is 5.76. The number of aliphatic hydroxyl groups is 1. The summed E-state index contributed by atoms with van der Waals surface area (Å²) in [5.74, 6) is 0.218. The Balaban J connectivity index is 1.37. The molecule has 1 amide bonds. The van der Waals surface area contributed by atoms with Gasteiger partial charge in [-0.3, -0.25) is 14.4 Å². The first kappa shape index (κ1) is 17.6. The molecule has 1 aromatic carbocycles. The number of aryl methyl sites for hydroxylation is 1. The number of aliphatic hydroxyl groups excluding tert-OH is 1. The minimum absolute atomic E-state index is 0.218. The molecule has 2 heterocycles. The predicted octanol–water partition coefficient (Wildman–Crippen LogP) is 1.54. The SMILES string of the molecule is O=C(CCCn1cccn1)N1CCN(C[C@@H](O)c2ccccc2)CC1. The van der Waals surface area contributed by atoms with Gasteiger partial charge in [-0.05, 0) is 18.1 Å². The molecule has 1 aromatic heterocycles. The van der Waals surface area contributed by atoms with Crippen molar-refractivity contribution in [3.8, 4) is 0 Å². The Hall–Kier alpha value is -2.18. The third-order valence-corrected chi connectivity index (χ3v) is 4.68. The molecule has 1 aliphatic rings. The van der Waals surface area contributed by atoms with Crippen LogP contribution in [0.3, 0.4) is 0 Å². The Kier molecular flexibility index (Phi) is 6.19. The second-order valence-corrected chi connectivity index (χ2v) is 6.48. The van der Waals surface area contributed by atoms with Gasteiger partial charge >= 0.3 is 0 Å². The number of amides is 1. The van der Waals surface area contributed by atoms with Crippen LogP contribution in [0.5, 0.6) is 0 Å². The maximum atomic E-state index is 12.3. The van der Waals surface area contributed by atoms with Crippen molar-refractivity contribution in [3.63, 3.8) is 0 Å². The van der Waals surface area contributed by atoms with Crippen molar-refractivity contribution in [2.45, 2.75) is 25.5 Å². The highest BCUT2D eigenvalue weighted by Gasteiger charge is 2.22. The summed E-state index contributed by atoms with van der Waals surface area (Å²) in [5.41, 5.74) is 0.944. The fraction of sp³-hybridized carbons (Fsp3) is 0.474. The maximum Gasteiger partial charge on any atom is 0.222 e. The van der Waals surface area contributed by atoms with Crippen LogP contribution in [0, 0.1) is 0 Å². The van der Waals surface area contributed by atoms with Crippen molar-refractivity contribution in [1.82, 2.24) is 19.6 Å². The third kappa shape index (κ3) is 5.14. The fourth-order valence-electron chi connectivity index (χ4n) is 3.19. The van der Waals surface area contributed by atoms with Gasteiger partial charge in [-0.2, -0.15) is 5.10 Å². The number of rotatable bonds is 7. The molecule has 1 fully saturated rings. The Morgan fingerprint density at radius 3 is 2.56 bits per heavy atom. The van der Waals surface area contributed by atoms with E-state index in [1.165, 1.54) is 0 Å². The number of carbonyl (C=O) groups excluding carboxylic acids is 1. The van der Waals surface area contributed by atoms with Crippen LogP contribution in [0.1, 0.15) is 24.5 Å². The lowest BCUT2D eigenvalue weighted by Crippen LogP contribution is -2.49. The summed E-state index contributed by atoms with van der Waals surface area (Å²) in [5, 5.41) is 14.5. The Bertz CT molecular complexity index is 637. The van der Waals surface area contributed by atoms with Crippen LogP contribution in [0.25, 0.3) is 0 Å². The minimum atomic E-state index is -0.475. The molecule has 2 aromatic rings. The molecule has 0 spiro atoms. The summed E-state index contributed by atoms with van der Waals surface area (Å²) in [6.07, 6.45) is 4.57. The molecule has 1 atom stereocenters. The predicted molar refractivity (Wildman–Crippen MR) is 95.9 cm³/mol. The highest BCUT2D eigenvalue weighted by Crippen LogP contribution is 2.15. The Morgan fingerprint density at radius 1 is 1.12 bits per heavy atom. The second-order valence-electron chi connectivity index (χ2n) is 6.48. The van der Waals surface area contributed by atoms with E-state index in [-0.39, 0.29) is 5.91 Å². The molecule has 1 aliphatic heterocycles. The summed E-state index contributed by atoms with van der Waals surface area (Å²) in [6.45, 7) is 4.50. The molecule has 6 heteroatoms.